The molecule has 2 aliphatic heterocycles. The lowest BCUT2D eigenvalue weighted by molar-refractivity contribution is -0.148. The van der Waals surface area contributed by atoms with Gasteiger partial charge in [0, 0.05) is 24.4 Å². The molecule has 278 valence electrons. The van der Waals surface area contributed by atoms with Crippen LogP contribution in [-0.2, 0) is 50.0 Å². The molecule has 53 heavy (non-hydrogen) atoms. The zero-order valence-corrected chi connectivity index (χ0v) is 30.9. The Hall–Kier alpha value is -5.72. The Balaban J connectivity index is 1.12. The third kappa shape index (κ3) is 8.03. The molecule has 0 unspecified atom stereocenters. The summed E-state index contributed by atoms with van der Waals surface area (Å²) >= 11 is 0. The number of aromatic nitrogens is 2. The summed E-state index contributed by atoms with van der Waals surface area (Å²) < 4.78 is 23.7. The normalized spacial score (nSPS) is 14.5. The van der Waals surface area contributed by atoms with E-state index < -0.39 is 23.6 Å². The van der Waals surface area contributed by atoms with Crippen LogP contribution in [0.2, 0.25) is 0 Å². The van der Waals surface area contributed by atoms with Crippen molar-refractivity contribution in [2.45, 2.75) is 85.6 Å². The molecule has 0 spiro atoms. The second-order valence-corrected chi connectivity index (χ2v) is 14.1. The molecular weight excluding hydrogens is 680 g/mol. The lowest BCUT2D eigenvalue weighted by Crippen LogP contribution is -2.35. The number of pyridine rings is 2. The first kappa shape index (κ1) is 37.1. The predicted octanol–water partition coefficient (Wildman–Crippen LogP) is 5.40. The average molecular weight is 725 g/mol. The molecule has 13 heteroatoms. The van der Waals surface area contributed by atoms with E-state index in [2.05, 4.69) is 5.32 Å². The quantitative estimate of drug-likeness (QED) is 0.106. The van der Waals surface area contributed by atoms with E-state index in [1.807, 2.05) is 19.9 Å². The average Bonchev–Trinajstić information content (AvgIpc) is 3.47. The fourth-order valence-electron chi connectivity index (χ4n) is 6.78. The molecule has 2 amide bonds. The van der Waals surface area contributed by atoms with Gasteiger partial charge in [0.1, 0.15) is 36.9 Å². The molecule has 1 N–H and O–H groups in total. The highest BCUT2D eigenvalue weighted by Gasteiger charge is 2.35. The first-order chi connectivity index (χ1) is 25.3. The van der Waals surface area contributed by atoms with Gasteiger partial charge in [-0.1, -0.05) is 26.0 Å². The Morgan fingerprint density at radius 3 is 2.43 bits per heavy atom. The van der Waals surface area contributed by atoms with Crippen LogP contribution in [-0.4, -0.2) is 63.7 Å². The number of carbonyl (C=O) groups is 4. The zero-order chi connectivity index (χ0) is 38.0. The Morgan fingerprint density at radius 2 is 1.75 bits per heavy atom. The molecule has 13 nitrogen and oxygen atoms in total. The maximum atomic E-state index is 13.6. The molecule has 1 atom stereocenters. The van der Waals surface area contributed by atoms with Crippen molar-refractivity contribution >= 4 is 34.8 Å². The highest BCUT2D eigenvalue weighted by Crippen LogP contribution is 2.39. The van der Waals surface area contributed by atoms with Crippen molar-refractivity contribution in [3.63, 3.8) is 0 Å². The van der Waals surface area contributed by atoms with Crippen molar-refractivity contribution in [1.29, 1.82) is 0 Å². The molecule has 0 fully saturated rings. The Bertz CT molecular complexity index is 2150. The summed E-state index contributed by atoms with van der Waals surface area (Å²) in [6, 6.07) is 14.3. The van der Waals surface area contributed by atoms with E-state index in [-0.39, 0.29) is 50.3 Å². The summed E-state index contributed by atoms with van der Waals surface area (Å²) in [5, 5.41) is 3.44. The summed E-state index contributed by atoms with van der Waals surface area (Å²) in [4.78, 5) is 69.9. The van der Waals surface area contributed by atoms with Crippen LogP contribution in [0.5, 0.6) is 11.5 Å². The fourth-order valence-corrected chi connectivity index (χ4v) is 6.78. The van der Waals surface area contributed by atoms with Gasteiger partial charge >= 0.3 is 18.0 Å². The Morgan fingerprint density at radius 1 is 1.02 bits per heavy atom. The number of hydrogen-bond acceptors (Lipinski definition) is 10. The lowest BCUT2D eigenvalue weighted by atomic mass is 9.90. The molecule has 6 rings (SSSR count). The topological polar surface area (TPSA) is 155 Å². The summed E-state index contributed by atoms with van der Waals surface area (Å²) in [5.41, 5.74) is 5.23. The maximum absolute atomic E-state index is 13.6. The number of cyclic esters (lactones) is 1. The molecule has 4 heterocycles. The zero-order valence-electron chi connectivity index (χ0n) is 30.9. The number of rotatable bonds is 11. The van der Waals surface area contributed by atoms with Crippen molar-refractivity contribution < 1.29 is 38.1 Å². The first-order valence-corrected chi connectivity index (χ1v) is 17.8. The van der Waals surface area contributed by atoms with Crippen LogP contribution in [0.1, 0.15) is 81.7 Å². The number of hydrogen-bond donors (Lipinski definition) is 1. The Kier molecular flexibility index (Phi) is 10.6. The summed E-state index contributed by atoms with van der Waals surface area (Å²) in [6.45, 7) is 11.4. The van der Waals surface area contributed by atoms with E-state index in [0.29, 0.717) is 58.9 Å². The van der Waals surface area contributed by atoms with E-state index in [1.165, 1.54) is 11.8 Å². The highest BCUT2D eigenvalue weighted by atomic mass is 16.6. The van der Waals surface area contributed by atoms with Gasteiger partial charge in [-0.3, -0.25) is 14.4 Å². The number of esters is 2. The number of aryl methyl sites for hydroxylation is 1. The molecule has 0 bridgehead atoms. The second-order valence-electron chi connectivity index (χ2n) is 14.1. The van der Waals surface area contributed by atoms with Gasteiger partial charge in [-0.25, -0.2) is 14.6 Å². The number of amides is 2. The van der Waals surface area contributed by atoms with Crippen LogP contribution in [0.3, 0.4) is 0 Å². The summed E-state index contributed by atoms with van der Waals surface area (Å²) in [5.74, 6) is -0.801. The molecule has 2 aromatic heterocycles. The number of ether oxygens (including phenoxy) is 4. The second kappa shape index (κ2) is 15.1. The minimum atomic E-state index is -0.601. The smallest absolute Gasteiger partial charge is 0.407 e. The molecule has 0 aliphatic carbocycles. The minimum Gasteiger partial charge on any atom is -0.492 e. The van der Waals surface area contributed by atoms with E-state index in [1.54, 1.807) is 67.8 Å². The maximum Gasteiger partial charge on any atom is 0.407 e. The monoisotopic (exact) mass is 724 g/mol. The van der Waals surface area contributed by atoms with E-state index >= 15 is 0 Å². The lowest BCUT2D eigenvalue weighted by Gasteiger charge is -2.24. The van der Waals surface area contributed by atoms with E-state index in [4.69, 9.17) is 23.9 Å². The predicted molar refractivity (Wildman–Crippen MR) is 196 cm³/mol. The molecule has 2 aliphatic rings. The van der Waals surface area contributed by atoms with Gasteiger partial charge in [0.15, 0.2) is 0 Å². The summed E-state index contributed by atoms with van der Waals surface area (Å²) in [6.07, 6.45) is 0.655. The number of nitrogens with one attached hydrogen (secondary N) is 1. The van der Waals surface area contributed by atoms with E-state index in [9.17, 15) is 24.0 Å². The third-order valence-corrected chi connectivity index (χ3v) is 9.28. The van der Waals surface area contributed by atoms with Gasteiger partial charge in [0.05, 0.1) is 41.5 Å². The minimum absolute atomic E-state index is 0.0365. The number of benzene rings is 2. The van der Waals surface area contributed by atoms with Gasteiger partial charge < -0.3 is 33.7 Å². The standard InChI is InChI=1S/C40H44N4O9/c1-7-27-30-17-26(13-14-33(30)42-36-31(27)20-44-34(36)18-29-28(8-2)38(48)51-22-32(29)37(44)47)52-35(46)21-43(23(3)45)19-24-9-11-25(12-10-24)50-16-15-41-39(49)53-40(4,5)6/h9-14,17-18,28H,7-8,15-16,19-22H2,1-6H3,(H,41,49)/t28-/m1/s1. The molecule has 0 saturated carbocycles. The van der Waals surface area contributed by atoms with Crippen LogP contribution in [0.25, 0.3) is 22.3 Å². The van der Waals surface area contributed by atoms with Crippen LogP contribution in [0.4, 0.5) is 4.79 Å². The molecule has 0 radical (unpaired) electrons. The van der Waals surface area contributed by atoms with Crippen LogP contribution in [0.15, 0.2) is 53.3 Å². The molecule has 0 saturated heterocycles. The Labute approximate surface area is 307 Å². The largest absolute Gasteiger partial charge is 0.492 e. The number of nitrogens with zero attached hydrogens (tertiary/aromatic N) is 3. The van der Waals surface area contributed by atoms with Gasteiger partial charge in [0.2, 0.25) is 5.91 Å². The number of carbonyl (C=O) groups excluding carboxylic acids is 4. The van der Waals surface area contributed by atoms with Gasteiger partial charge in [0.25, 0.3) is 5.56 Å². The number of alkyl carbamates (subject to hydrolysis) is 1. The van der Waals surface area contributed by atoms with Gasteiger partial charge in [-0.2, -0.15) is 0 Å². The molecule has 4 aromatic rings. The van der Waals surface area contributed by atoms with E-state index in [0.717, 1.165) is 22.1 Å². The van der Waals surface area contributed by atoms with Crippen LogP contribution < -0.4 is 20.3 Å². The van der Waals surface area contributed by atoms with Crippen molar-refractivity contribution in [2.75, 3.05) is 19.7 Å². The van der Waals surface area contributed by atoms with Crippen LogP contribution >= 0.6 is 0 Å². The first-order valence-electron chi connectivity index (χ1n) is 17.8. The number of fused-ring (bicyclic) bond motifs is 5. The van der Waals surface area contributed by atoms with Gasteiger partial charge in [-0.15, -0.1) is 0 Å². The molecule has 2 aromatic carbocycles. The molecular formula is C40H44N4O9. The van der Waals surface area contributed by atoms with Crippen molar-refractivity contribution in [3.8, 4) is 22.9 Å². The van der Waals surface area contributed by atoms with Crippen LogP contribution in [0, 0.1) is 0 Å². The SMILES string of the molecule is CCc1c2c(nc3ccc(OC(=O)CN(Cc4ccc(OCCNC(=O)OC(C)(C)C)cc4)C(C)=O)cc13)-c1cc3c(c(=O)n1C2)COC(=O)[C@@H]3CC. The van der Waals surface area contributed by atoms with Crippen molar-refractivity contribution in [2.24, 2.45) is 0 Å². The third-order valence-electron chi connectivity index (χ3n) is 9.28. The van der Waals surface area contributed by atoms with Crippen molar-refractivity contribution in [1.82, 2.24) is 19.8 Å². The van der Waals surface area contributed by atoms with Gasteiger partial charge in [-0.05, 0) is 86.7 Å². The fraction of sp³-hybridized carbons (Fsp3) is 0.400. The summed E-state index contributed by atoms with van der Waals surface area (Å²) in [7, 11) is 0. The van der Waals surface area contributed by atoms with Crippen molar-refractivity contribution in [3.05, 3.63) is 86.7 Å². The highest BCUT2D eigenvalue weighted by molar-refractivity contribution is 5.90.